The molecule has 0 radical (unpaired) electrons. The average Bonchev–Trinajstić information content (AvgIpc) is 3.18. The first-order chi connectivity index (χ1) is 13.9. The quantitative estimate of drug-likeness (QED) is 0.601. The fraction of sp³-hybridized carbons (Fsp3) is 0.409. The molecule has 0 saturated heterocycles. The molecule has 3 aromatic rings. The van der Waals surface area contributed by atoms with Crippen LogP contribution in [0.25, 0.3) is 11.4 Å². The van der Waals surface area contributed by atoms with E-state index >= 15 is 0 Å². The van der Waals surface area contributed by atoms with Crippen molar-refractivity contribution >= 4 is 5.82 Å². The van der Waals surface area contributed by atoms with Crippen LogP contribution in [0.3, 0.4) is 0 Å². The molecule has 2 aromatic heterocycles. The lowest BCUT2D eigenvalue weighted by Gasteiger charge is -2.26. The molecule has 2 N–H and O–H groups in total. The van der Waals surface area contributed by atoms with E-state index in [0.717, 1.165) is 34.2 Å². The summed E-state index contributed by atoms with van der Waals surface area (Å²) < 4.78 is 5.55. The zero-order chi connectivity index (χ0) is 21.0. The second-order valence-corrected chi connectivity index (χ2v) is 7.65. The van der Waals surface area contributed by atoms with Gasteiger partial charge in [-0.05, 0) is 39.1 Å². The first-order valence-electron chi connectivity index (χ1n) is 9.83. The molecule has 0 aliphatic heterocycles. The largest absolute Gasteiger partial charge is 0.496 e. The molecule has 0 aliphatic carbocycles. The van der Waals surface area contributed by atoms with E-state index in [9.17, 15) is 0 Å². The number of methoxy groups -OCH3 is 1. The van der Waals surface area contributed by atoms with E-state index in [-0.39, 0.29) is 6.04 Å². The zero-order valence-corrected chi connectivity index (χ0v) is 18.0. The Labute approximate surface area is 172 Å². The number of aromatic amines is 1. The highest BCUT2D eigenvalue weighted by Crippen LogP contribution is 2.28. The maximum Gasteiger partial charge on any atom is 0.130 e. The van der Waals surface area contributed by atoms with E-state index in [4.69, 9.17) is 4.74 Å². The van der Waals surface area contributed by atoms with Crippen molar-refractivity contribution < 1.29 is 4.74 Å². The maximum absolute atomic E-state index is 5.55. The van der Waals surface area contributed by atoms with Gasteiger partial charge in [0.2, 0.25) is 0 Å². The van der Waals surface area contributed by atoms with Crippen molar-refractivity contribution in [3.05, 3.63) is 53.5 Å². The van der Waals surface area contributed by atoms with Crippen molar-refractivity contribution in [2.45, 2.75) is 32.7 Å². The first kappa shape index (κ1) is 20.8. The van der Waals surface area contributed by atoms with Crippen LogP contribution in [-0.2, 0) is 0 Å². The monoisotopic (exact) mass is 394 g/mol. The molecule has 0 aliphatic rings. The van der Waals surface area contributed by atoms with Crippen LogP contribution in [0.5, 0.6) is 5.75 Å². The van der Waals surface area contributed by atoms with Gasteiger partial charge in [0.15, 0.2) is 0 Å². The Balaban J connectivity index is 1.82. The summed E-state index contributed by atoms with van der Waals surface area (Å²) in [5.74, 6) is 2.75. The molecule has 1 aromatic carbocycles. The molecule has 0 fully saturated rings. The summed E-state index contributed by atoms with van der Waals surface area (Å²) in [5, 5.41) is 11.0. The minimum absolute atomic E-state index is 0.128. The van der Waals surface area contributed by atoms with Gasteiger partial charge in [0.25, 0.3) is 0 Å². The van der Waals surface area contributed by atoms with Gasteiger partial charge in [-0.2, -0.15) is 5.10 Å². The van der Waals surface area contributed by atoms with Gasteiger partial charge in [0, 0.05) is 23.9 Å². The molecular formula is C22H30N6O. The second-order valence-electron chi connectivity index (χ2n) is 7.65. The van der Waals surface area contributed by atoms with Crippen molar-refractivity contribution in [3.63, 3.8) is 0 Å². The van der Waals surface area contributed by atoms with Crippen LogP contribution < -0.4 is 10.1 Å². The topological polar surface area (TPSA) is 79.0 Å². The van der Waals surface area contributed by atoms with Crippen LogP contribution in [-0.4, -0.2) is 52.8 Å². The number of nitrogens with zero attached hydrogens (tertiary/aromatic N) is 4. The number of aryl methyl sites for hydroxylation is 1. The number of aromatic nitrogens is 4. The number of benzene rings is 1. The number of H-pyrrole nitrogens is 1. The van der Waals surface area contributed by atoms with Crippen molar-refractivity contribution in [1.82, 2.24) is 25.1 Å². The van der Waals surface area contributed by atoms with E-state index in [0.29, 0.717) is 18.3 Å². The number of likely N-dealkylation sites (N-methyl/N-ethyl adjacent to an activating group) is 1. The second kappa shape index (κ2) is 9.05. The van der Waals surface area contributed by atoms with E-state index < -0.39 is 0 Å². The van der Waals surface area contributed by atoms with Gasteiger partial charge in [0.1, 0.15) is 23.1 Å². The molecule has 2 heterocycles. The van der Waals surface area contributed by atoms with Crippen molar-refractivity contribution in [3.8, 4) is 17.1 Å². The summed E-state index contributed by atoms with van der Waals surface area (Å²) in [7, 11) is 5.83. The molecule has 3 rings (SSSR count). The Morgan fingerprint density at radius 3 is 2.52 bits per heavy atom. The Bertz CT molecular complexity index is 950. The van der Waals surface area contributed by atoms with Crippen molar-refractivity contribution in [1.29, 1.82) is 0 Å². The lowest BCUT2D eigenvalue weighted by atomic mass is 10.0. The van der Waals surface area contributed by atoms with E-state index in [2.05, 4.69) is 64.4 Å². The van der Waals surface area contributed by atoms with Gasteiger partial charge < -0.3 is 15.0 Å². The Kier molecular flexibility index (Phi) is 6.49. The predicted octanol–water partition coefficient (Wildman–Crippen LogP) is 4.02. The van der Waals surface area contributed by atoms with E-state index in [1.165, 1.54) is 0 Å². The fourth-order valence-corrected chi connectivity index (χ4v) is 3.27. The lowest BCUT2D eigenvalue weighted by Crippen LogP contribution is -2.27. The van der Waals surface area contributed by atoms with Crippen LogP contribution in [0.4, 0.5) is 5.82 Å². The minimum Gasteiger partial charge on any atom is -0.496 e. The maximum atomic E-state index is 5.55. The van der Waals surface area contributed by atoms with Crippen LogP contribution in [0.1, 0.15) is 42.9 Å². The summed E-state index contributed by atoms with van der Waals surface area (Å²) >= 11 is 0. The van der Waals surface area contributed by atoms with Crippen LogP contribution in [0, 0.1) is 6.92 Å². The predicted molar refractivity (Wildman–Crippen MR) is 116 cm³/mol. The molecule has 0 spiro atoms. The molecule has 154 valence electrons. The van der Waals surface area contributed by atoms with Crippen LogP contribution in [0.2, 0.25) is 0 Å². The SMILES string of the molecule is COc1ccccc1C(CNc1cc(-c2cc(C(C)C)[nH]n2)nc(C)n1)N(C)C. The summed E-state index contributed by atoms with van der Waals surface area (Å²) in [5.41, 5.74) is 3.86. The van der Waals surface area contributed by atoms with Gasteiger partial charge in [-0.3, -0.25) is 5.10 Å². The minimum atomic E-state index is 0.128. The molecule has 7 heteroatoms. The molecule has 1 unspecified atom stereocenters. The molecule has 7 nitrogen and oxygen atoms in total. The van der Waals surface area contributed by atoms with E-state index in [1.54, 1.807) is 7.11 Å². The Hall–Kier alpha value is -2.93. The lowest BCUT2D eigenvalue weighted by molar-refractivity contribution is 0.300. The summed E-state index contributed by atoms with van der Waals surface area (Å²) in [6.07, 6.45) is 0. The molecule has 0 amide bonds. The molecule has 29 heavy (non-hydrogen) atoms. The van der Waals surface area contributed by atoms with Gasteiger partial charge in [-0.25, -0.2) is 9.97 Å². The number of para-hydroxylation sites is 1. The number of hydrogen-bond acceptors (Lipinski definition) is 6. The normalized spacial score (nSPS) is 12.4. The molecular weight excluding hydrogens is 364 g/mol. The van der Waals surface area contributed by atoms with Gasteiger partial charge in [-0.15, -0.1) is 0 Å². The number of nitrogens with one attached hydrogen (secondary N) is 2. The highest BCUT2D eigenvalue weighted by molar-refractivity contribution is 5.59. The smallest absolute Gasteiger partial charge is 0.130 e. The highest BCUT2D eigenvalue weighted by atomic mass is 16.5. The van der Waals surface area contributed by atoms with E-state index in [1.807, 2.05) is 37.3 Å². The standard InChI is InChI=1S/C22H30N6O/c1-14(2)17-11-19(27-26-17)18-12-22(25-15(3)24-18)23-13-20(28(4)5)16-9-7-8-10-21(16)29-6/h7-12,14,20H,13H2,1-6H3,(H,26,27)(H,23,24,25). The first-order valence-corrected chi connectivity index (χ1v) is 9.83. The number of ether oxygens (including phenoxy) is 1. The third kappa shape index (κ3) is 4.92. The number of hydrogen-bond donors (Lipinski definition) is 2. The Morgan fingerprint density at radius 2 is 1.86 bits per heavy atom. The Morgan fingerprint density at radius 1 is 1.10 bits per heavy atom. The molecule has 1 atom stereocenters. The molecule has 0 saturated carbocycles. The third-order valence-corrected chi connectivity index (χ3v) is 4.92. The highest BCUT2D eigenvalue weighted by Gasteiger charge is 2.18. The molecule has 0 bridgehead atoms. The average molecular weight is 395 g/mol. The summed E-state index contributed by atoms with van der Waals surface area (Å²) in [6.45, 7) is 6.85. The van der Waals surface area contributed by atoms with Gasteiger partial charge in [-0.1, -0.05) is 32.0 Å². The summed E-state index contributed by atoms with van der Waals surface area (Å²) in [6, 6.07) is 12.2. The van der Waals surface area contributed by atoms with Crippen LogP contribution in [0.15, 0.2) is 36.4 Å². The number of rotatable bonds is 8. The fourth-order valence-electron chi connectivity index (χ4n) is 3.27. The summed E-state index contributed by atoms with van der Waals surface area (Å²) in [4.78, 5) is 11.3. The third-order valence-electron chi connectivity index (χ3n) is 4.92. The van der Waals surface area contributed by atoms with Gasteiger partial charge >= 0.3 is 0 Å². The van der Waals surface area contributed by atoms with Crippen molar-refractivity contribution in [2.24, 2.45) is 0 Å². The zero-order valence-electron chi connectivity index (χ0n) is 18.0. The van der Waals surface area contributed by atoms with Crippen molar-refractivity contribution in [2.75, 3.05) is 33.1 Å². The van der Waals surface area contributed by atoms with Gasteiger partial charge in [0.05, 0.1) is 18.8 Å². The van der Waals surface area contributed by atoms with Crippen LogP contribution >= 0.6 is 0 Å². The number of anilines is 1.